The van der Waals surface area contributed by atoms with Crippen molar-refractivity contribution in [3.63, 3.8) is 0 Å². The minimum absolute atomic E-state index is 0.679. The van der Waals surface area contributed by atoms with Crippen molar-refractivity contribution in [3.05, 3.63) is 44.1 Å². The van der Waals surface area contributed by atoms with E-state index in [1.165, 1.54) is 8.66 Å². The van der Waals surface area contributed by atoms with E-state index >= 15 is 0 Å². The van der Waals surface area contributed by atoms with Crippen LogP contribution in [0.4, 0.5) is 0 Å². The van der Waals surface area contributed by atoms with Crippen LogP contribution in [-0.4, -0.2) is 4.98 Å². The van der Waals surface area contributed by atoms with E-state index in [0.29, 0.717) is 5.02 Å². The first-order valence-electron chi connectivity index (χ1n) is 4.22. The van der Waals surface area contributed by atoms with E-state index in [1.54, 1.807) is 29.3 Å². The van der Waals surface area contributed by atoms with Gasteiger partial charge in [-0.3, -0.25) is 0 Å². The second-order valence-corrected chi connectivity index (χ2v) is 6.79. The van der Waals surface area contributed by atoms with Crippen LogP contribution >= 0.6 is 50.6 Å². The van der Waals surface area contributed by atoms with Gasteiger partial charge in [-0.05, 0) is 40.2 Å². The summed E-state index contributed by atoms with van der Waals surface area (Å²) in [4.78, 5) is 5.56. The number of hydrogen-bond donors (Lipinski definition) is 0. The van der Waals surface area contributed by atoms with E-state index in [2.05, 4.69) is 33.0 Å². The summed E-state index contributed by atoms with van der Waals surface area (Å²) in [5.41, 5.74) is 0. The van der Waals surface area contributed by atoms with Crippen molar-refractivity contribution in [2.45, 2.75) is 10.8 Å². The molecule has 2 aromatic rings. The Bertz CT molecular complexity index is 441. The van der Waals surface area contributed by atoms with Crippen molar-refractivity contribution in [3.8, 4) is 0 Å². The molecule has 0 atom stereocenters. The summed E-state index contributed by atoms with van der Waals surface area (Å²) >= 11 is 12.7. The SMILES string of the molecule is Clc1ccc(SCc2ccc(Br)s2)nc1. The molecule has 0 saturated heterocycles. The van der Waals surface area contributed by atoms with Crippen LogP contribution in [0.25, 0.3) is 0 Å². The Morgan fingerprint density at radius 3 is 2.80 bits per heavy atom. The molecule has 2 heterocycles. The van der Waals surface area contributed by atoms with Crippen LogP contribution in [0.5, 0.6) is 0 Å². The smallest absolute Gasteiger partial charge is 0.0964 e. The molecule has 0 N–H and O–H groups in total. The Balaban J connectivity index is 1.96. The van der Waals surface area contributed by atoms with Gasteiger partial charge in [0.05, 0.1) is 13.8 Å². The molecule has 2 rings (SSSR count). The lowest BCUT2D eigenvalue weighted by molar-refractivity contribution is 1.13. The zero-order valence-corrected chi connectivity index (χ0v) is 11.6. The Morgan fingerprint density at radius 1 is 1.33 bits per heavy atom. The number of thiophene rings is 1. The normalized spacial score (nSPS) is 10.5. The first-order chi connectivity index (χ1) is 7.24. The van der Waals surface area contributed by atoms with Crippen LogP contribution in [0.3, 0.4) is 0 Å². The Hall–Kier alpha value is -0.0300. The summed E-state index contributed by atoms with van der Waals surface area (Å²) in [7, 11) is 0. The average Bonchev–Trinajstić information content (AvgIpc) is 2.64. The first-order valence-corrected chi connectivity index (χ1v) is 7.20. The maximum Gasteiger partial charge on any atom is 0.0964 e. The average molecular weight is 321 g/mol. The summed E-state index contributed by atoms with van der Waals surface area (Å²) in [6.45, 7) is 0. The summed E-state index contributed by atoms with van der Waals surface area (Å²) in [6, 6.07) is 7.99. The third kappa shape index (κ3) is 3.48. The molecular formula is C10H7BrClNS2. The summed E-state index contributed by atoms with van der Waals surface area (Å²) in [5, 5.41) is 1.68. The Kier molecular flexibility index (Phi) is 4.08. The molecule has 2 aromatic heterocycles. The fourth-order valence-electron chi connectivity index (χ4n) is 1.02. The van der Waals surface area contributed by atoms with E-state index < -0.39 is 0 Å². The topological polar surface area (TPSA) is 12.9 Å². The largest absolute Gasteiger partial charge is 0.248 e. The lowest BCUT2D eigenvalue weighted by Gasteiger charge is -1.98. The summed E-state index contributed by atoms with van der Waals surface area (Å²) < 4.78 is 1.17. The monoisotopic (exact) mass is 319 g/mol. The zero-order chi connectivity index (χ0) is 10.7. The van der Waals surface area contributed by atoms with Gasteiger partial charge in [0, 0.05) is 16.8 Å². The number of aromatic nitrogens is 1. The maximum absolute atomic E-state index is 5.76. The zero-order valence-electron chi connectivity index (χ0n) is 7.61. The molecule has 0 bridgehead atoms. The molecule has 0 radical (unpaired) electrons. The lowest BCUT2D eigenvalue weighted by atomic mass is 10.5. The molecule has 0 amide bonds. The number of halogens is 2. The minimum Gasteiger partial charge on any atom is -0.248 e. The summed E-state index contributed by atoms with van der Waals surface area (Å²) in [6.07, 6.45) is 1.67. The molecule has 15 heavy (non-hydrogen) atoms. The fraction of sp³-hybridized carbons (Fsp3) is 0.100. The quantitative estimate of drug-likeness (QED) is 0.750. The molecule has 0 spiro atoms. The van der Waals surface area contributed by atoms with Crippen LogP contribution in [-0.2, 0) is 5.75 Å². The highest BCUT2D eigenvalue weighted by atomic mass is 79.9. The molecule has 0 aromatic carbocycles. The third-order valence-corrected chi connectivity index (χ3v) is 4.71. The lowest BCUT2D eigenvalue weighted by Crippen LogP contribution is -1.79. The molecule has 78 valence electrons. The summed E-state index contributed by atoms with van der Waals surface area (Å²) in [5.74, 6) is 0.949. The molecular weight excluding hydrogens is 314 g/mol. The van der Waals surface area contributed by atoms with E-state index in [-0.39, 0.29) is 0 Å². The second kappa shape index (κ2) is 5.34. The van der Waals surface area contributed by atoms with Gasteiger partial charge in [-0.2, -0.15) is 0 Å². The van der Waals surface area contributed by atoms with Crippen molar-refractivity contribution in [2.75, 3.05) is 0 Å². The van der Waals surface area contributed by atoms with Gasteiger partial charge in [0.2, 0.25) is 0 Å². The van der Waals surface area contributed by atoms with E-state index in [0.717, 1.165) is 10.8 Å². The van der Waals surface area contributed by atoms with Gasteiger partial charge >= 0.3 is 0 Å². The minimum atomic E-state index is 0.679. The first kappa shape index (κ1) is 11.5. The number of nitrogens with zero attached hydrogens (tertiary/aromatic N) is 1. The molecule has 0 saturated carbocycles. The predicted molar refractivity (Wildman–Crippen MR) is 70.8 cm³/mol. The van der Waals surface area contributed by atoms with E-state index in [9.17, 15) is 0 Å². The van der Waals surface area contributed by atoms with E-state index in [1.807, 2.05) is 12.1 Å². The van der Waals surface area contributed by atoms with Crippen LogP contribution in [0.15, 0.2) is 39.3 Å². The maximum atomic E-state index is 5.76. The molecule has 0 aliphatic rings. The molecule has 0 aliphatic carbocycles. The van der Waals surface area contributed by atoms with Crippen molar-refractivity contribution in [1.29, 1.82) is 0 Å². The molecule has 0 unspecified atom stereocenters. The number of hydrogen-bond acceptors (Lipinski definition) is 3. The van der Waals surface area contributed by atoms with Crippen molar-refractivity contribution >= 4 is 50.6 Å². The Morgan fingerprint density at radius 2 is 2.20 bits per heavy atom. The van der Waals surface area contributed by atoms with Gasteiger partial charge in [-0.1, -0.05) is 11.6 Å². The highest BCUT2D eigenvalue weighted by Gasteiger charge is 2.00. The standard InChI is InChI=1S/C10H7BrClNS2/c11-9-3-2-8(15-9)6-14-10-4-1-7(12)5-13-10/h1-5H,6H2. The van der Waals surface area contributed by atoms with Crippen LogP contribution in [0, 0.1) is 0 Å². The third-order valence-electron chi connectivity index (χ3n) is 1.69. The molecule has 0 aliphatic heterocycles. The van der Waals surface area contributed by atoms with Gasteiger partial charge in [-0.25, -0.2) is 4.98 Å². The molecule has 1 nitrogen and oxygen atoms in total. The van der Waals surface area contributed by atoms with Crippen LogP contribution < -0.4 is 0 Å². The predicted octanol–water partition coefficient (Wildman–Crippen LogP) is 4.85. The fourth-order valence-corrected chi connectivity index (χ4v) is 3.50. The van der Waals surface area contributed by atoms with Gasteiger partial charge in [0.15, 0.2) is 0 Å². The number of pyridine rings is 1. The highest BCUT2D eigenvalue weighted by molar-refractivity contribution is 9.11. The second-order valence-electron chi connectivity index (χ2n) is 2.81. The Labute approximate surface area is 110 Å². The van der Waals surface area contributed by atoms with Crippen LogP contribution in [0.1, 0.15) is 4.88 Å². The van der Waals surface area contributed by atoms with Crippen LogP contribution in [0.2, 0.25) is 5.02 Å². The van der Waals surface area contributed by atoms with Gasteiger partial charge in [0.1, 0.15) is 0 Å². The van der Waals surface area contributed by atoms with Gasteiger partial charge in [0.25, 0.3) is 0 Å². The highest BCUT2D eigenvalue weighted by Crippen LogP contribution is 2.28. The van der Waals surface area contributed by atoms with E-state index in [4.69, 9.17) is 11.6 Å². The van der Waals surface area contributed by atoms with Crippen molar-refractivity contribution in [2.24, 2.45) is 0 Å². The number of thioether (sulfide) groups is 1. The van der Waals surface area contributed by atoms with Gasteiger partial charge < -0.3 is 0 Å². The molecule has 5 heteroatoms. The van der Waals surface area contributed by atoms with Crippen molar-refractivity contribution in [1.82, 2.24) is 4.98 Å². The van der Waals surface area contributed by atoms with Crippen molar-refractivity contribution < 1.29 is 0 Å². The number of rotatable bonds is 3. The van der Waals surface area contributed by atoms with Gasteiger partial charge in [-0.15, -0.1) is 23.1 Å². The molecule has 0 fully saturated rings.